The highest BCUT2D eigenvalue weighted by Crippen LogP contribution is 2.23. The van der Waals surface area contributed by atoms with Crippen LogP contribution in [-0.4, -0.2) is 34.6 Å². The molecular formula is C29H33ClN2O2S. The lowest BCUT2D eigenvalue weighted by Gasteiger charge is -2.32. The molecule has 3 aromatic carbocycles. The van der Waals surface area contributed by atoms with Gasteiger partial charge in [-0.15, -0.1) is 11.8 Å². The van der Waals surface area contributed by atoms with Crippen LogP contribution in [0.5, 0.6) is 0 Å². The Morgan fingerprint density at radius 2 is 1.57 bits per heavy atom. The second-order valence-electron chi connectivity index (χ2n) is 8.55. The summed E-state index contributed by atoms with van der Waals surface area (Å²) >= 11 is 8.11. The number of carbonyl (C=O) groups excluding carboxylic acids is 2. The SMILES string of the molecule is CC[C@H](C)NC(=O)[C@H](Cc1ccccc1)N(Cc1ccccc1Cl)C(=O)CCSc1ccccc1. The Morgan fingerprint density at radius 1 is 0.943 bits per heavy atom. The van der Waals surface area contributed by atoms with Crippen molar-refractivity contribution in [2.45, 2.75) is 56.6 Å². The fourth-order valence-corrected chi connectivity index (χ4v) is 4.78. The standard InChI is InChI=1S/C29H33ClN2O2S/c1-3-22(2)31-29(34)27(20-23-12-6-4-7-13-23)32(21-24-14-10-11-17-26(24)30)28(33)18-19-35-25-15-8-5-9-16-25/h4-17,22,27H,3,18-21H2,1-2H3,(H,31,34)/t22-,27-/m0/s1. The van der Waals surface area contributed by atoms with Crippen molar-refractivity contribution in [3.8, 4) is 0 Å². The monoisotopic (exact) mass is 508 g/mol. The van der Waals surface area contributed by atoms with E-state index < -0.39 is 6.04 Å². The number of nitrogens with zero attached hydrogens (tertiary/aromatic N) is 1. The molecule has 2 amide bonds. The molecule has 0 heterocycles. The van der Waals surface area contributed by atoms with Gasteiger partial charge in [-0.3, -0.25) is 9.59 Å². The van der Waals surface area contributed by atoms with Crippen molar-refractivity contribution in [3.63, 3.8) is 0 Å². The van der Waals surface area contributed by atoms with Crippen LogP contribution in [0.2, 0.25) is 5.02 Å². The van der Waals surface area contributed by atoms with Crippen LogP contribution in [0.3, 0.4) is 0 Å². The molecule has 3 aromatic rings. The lowest BCUT2D eigenvalue weighted by Crippen LogP contribution is -2.52. The van der Waals surface area contributed by atoms with E-state index in [0.29, 0.717) is 23.6 Å². The lowest BCUT2D eigenvalue weighted by atomic mass is 10.0. The highest BCUT2D eigenvalue weighted by molar-refractivity contribution is 7.99. The Kier molecular flexibility index (Phi) is 10.7. The summed E-state index contributed by atoms with van der Waals surface area (Å²) in [5, 5.41) is 3.68. The fraction of sp³-hybridized carbons (Fsp3) is 0.310. The van der Waals surface area contributed by atoms with Crippen LogP contribution in [0.4, 0.5) is 0 Å². The zero-order valence-corrected chi connectivity index (χ0v) is 21.9. The van der Waals surface area contributed by atoms with E-state index in [-0.39, 0.29) is 24.4 Å². The molecule has 0 aliphatic heterocycles. The third-order valence-corrected chi connectivity index (χ3v) is 7.28. The number of halogens is 1. The predicted molar refractivity (Wildman–Crippen MR) is 146 cm³/mol. The van der Waals surface area contributed by atoms with Crippen molar-refractivity contribution in [3.05, 3.63) is 101 Å². The predicted octanol–water partition coefficient (Wildman–Crippen LogP) is 6.38. The summed E-state index contributed by atoms with van der Waals surface area (Å²) in [7, 11) is 0. The Hall–Kier alpha value is -2.76. The molecule has 0 saturated carbocycles. The molecule has 1 N–H and O–H groups in total. The molecule has 4 nitrogen and oxygen atoms in total. The van der Waals surface area contributed by atoms with Crippen LogP contribution < -0.4 is 5.32 Å². The summed E-state index contributed by atoms with van der Waals surface area (Å²) in [6, 6.07) is 26.7. The van der Waals surface area contributed by atoms with E-state index in [9.17, 15) is 9.59 Å². The zero-order valence-electron chi connectivity index (χ0n) is 20.3. The van der Waals surface area contributed by atoms with Gasteiger partial charge in [0.15, 0.2) is 0 Å². The first kappa shape index (κ1) is 26.8. The van der Waals surface area contributed by atoms with E-state index in [4.69, 9.17) is 11.6 Å². The number of hydrogen-bond donors (Lipinski definition) is 1. The highest BCUT2D eigenvalue weighted by Gasteiger charge is 2.31. The summed E-state index contributed by atoms with van der Waals surface area (Å²) < 4.78 is 0. The molecule has 0 aliphatic rings. The van der Waals surface area contributed by atoms with Gasteiger partial charge in [0.05, 0.1) is 0 Å². The number of hydrogen-bond acceptors (Lipinski definition) is 3. The normalized spacial score (nSPS) is 12.5. The van der Waals surface area contributed by atoms with E-state index in [1.165, 1.54) is 0 Å². The number of thioether (sulfide) groups is 1. The fourth-order valence-electron chi connectivity index (χ4n) is 3.72. The summed E-state index contributed by atoms with van der Waals surface area (Å²) in [6.45, 7) is 4.29. The van der Waals surface area contributed by atoms with Crippen LogP contribution in [0.1, 0.15) is 37.8 Å². The third kappa shape index (κ3) is 8.44. The van der Waals surface area contributed by atoms with Gasteiger partial charge in [-0.2, -0.15) is 0 Å². The Balaban J connectivity index is 1.87. The van der Waals surface area contributed by atoms with Crippen LogP contribution in [0.15, 0.2) is 89.8 Å². The van der Waals surface area contributed by atoms with Crippen LogP contribution in [-0.2, 0) is 22.6 Å². The summed E-state index contributed by atoms with van der Waals surface area (Å²) in [5.41, 5.74) is 1.83. The van der Waals surface area contributed by atoms with Crippen molar-refractivity contribution >= 4 is 35.2 Å². The Morgan fingerprint density at radius 3 is 2.23 bits per heavy atom. The minimum atomic E-state index is -0.642. The van der Waals surface area contributed by atoms with Gasteiger partial charge < -0.3 is 10.2 Å². The molecule has 0 radical (unpaired) electrons. The molecule has 0 saturated heterocycles. The number of nitrogens with one attached hydrogen (secondary N) is 1. The van der Waals surface area contributed by atoms with E-state index in [2.05, 4.69) is 5.32 Å². The van der Waals surface area contributed by atoms with E-state index in [1.807, 2.05) is 98.8 Å². The maximum atomic E-state index is 13.6. The van der Waals surface area contributed by atoms with Crippen LogP contribution >= 0.6 is 23.4 Å². The average Bonchev–Trinajstić information content (AvgIpc) is 2.88. The second kappa shape index (κ2) is 14.0. The van der Waals surface area contributed by atoms with Crippen LogP contribution in [0.25, 0.3) is 0 Å². The smallest absolute Gasteiger partial charge is 0.243 e. The molecule has 0 aliphatic carbocycles. The molecule has 2 atom stereocenters. The van der Waals surface area contributed by atoms with Gasteiger partial charge in [0, 0.05) is 41.1 Å². The Labute approximate surface area is 218 Å². The number of rotatable bonds is 12. The first-order valence-electron chi connectivity index (χ1n) is 12.0. The number of carbonyl (C=O) groups is 2. The van der Waals surface area contributed by atoms with Gasteiger partial charge in [0.2, 0.25) is 11.8 Å². The first-order valence-corrected chi connectivity index (χ1v) is 13.4. The number of amides is 2. The lowest BCUT2D eigenvalue weighted by molar-refractivity contribution is -0.141. The minimum absolute atomic E-state index is 0.0201. The van der Waals surface area contributed by atoms with Crippen molar-refractivity contribution in [2.24, 2.45) is 0 Å². The van der Waals surface area contributed by atoms with Gasteiger partial charge in [-0.05, 0) is 42.7 Å². The molecule has 0 bridgehead atoms. The highest BCUT2D eigenvalue weighted by atomic mass is 35.5. The molecule has 3 rings (SSSR count). The summed E-state index contributed by atoms with van der Waals surface area (Å²) in [4.78, 5) is 29.9. The Bertz CT molecular complexity index is 1080. The van der Waals surface area contributed by atoms with E-state index in [0.717, 1.165) is 22.4 Å². The first-order chi connectivity index (χ1) is 17.0. The quantitative estimate of drug-likeness (QED) is 0.289. The topological polar surface area (TPSA) is 49.4 Å². The minimum Gasteiger partial charge on any atom is -0.352 e. The maximum absolute atomic E-state index is 13.6. The summed E-state index contributed by atoms with van der Waals surface area (Å²) in [6.07, 6.45) is 1.58. The van der Waals surface area contributed by atoms with E-state index in [1.54, 1.807) is 16.7 Å². The molecule has 35 heavy (non-hydrogen) atoms. The molecule has 0 aromatic heterocycles. The maximum Gasteiger partial charge on any atom is 0.243 e. The molecule has 6 heteroatoms. The van der Waals surface area contributed by atoms with Gasteiger partial charge in [-0.25, -0.2) is 0 Å². The molecule has 184 valence electrons. The molecular weight excluding hydrogens is 476 g/mol. The summed E-state index contributed by atoms with van der Waals surface area (Å²) in [5.74, 6) is 0.431. The van der Waals surface area contributed by atoms with Gasteiger partial charge >= 0.3 is 0 Å². The zero-order chi connectivity index (χ0) is 25.0. The average molecular weight is 509 g/mol. The third-order valence-electron chi connectivity index (χ3n) is 5.90. The van der Waals surface area contributed by atoms with Gasteiger partial charge in [0.25, 0.3) is 0 Å². The van der Waals surface area contributed by atoms with Crippen molar-refractivity contribution < 1.29 is 9.59 Å². The number of benzene rings is 3. The second-order valence-corrected chi connectivity index (χ2v) is 10.1. The van der Waals surface area contributed by atoms with Crippen molar-refractivity contribution in [2.75, 3.05) is 5.75 Å². The van der Waals surface area contributed by atoms with Gasteiger partial charge in [0.1, 0.15) is 6.04 Å². The van der Waals surface area contributed by atoms with Crippen molar-refractivity contribution in [1.29, 1.82) is 0 Å². The largest absolute Gasteiger partial charge is 0.352 e. The van der Waals surface area contributed by atoms with Crippen LogP contribution in [0, 0.1) is 0 Å². The molecule has 0 unspecified atom stereocenters. The van der Waals surface area contributed by atoms with Gasteiger partial charge in [-0.1, -0.05) is 85.3 Å². The molecule has 0 spiro atoms. The van der Waals surface area contributed by atoms with Crippen molar-refractivity contribution in [1.82, 2.24) is 10.2 Å². The van der Waals surface area contributed by atoms with E-state index >= 15 is 0 Å². The molecule has 0 fully saturated rings.